The minimum atomic E-state index is -3.26. The zero-order valence-corrected chi connectivity index (χ0v) is 16.5. The van der Waals surface area contributed by atoms with Crippen LogP contribution in [-0.2, 0) is 14.6 Å². The molecule has 0 radical (unpaired) electrons. The van der Waals surface area contributed by atoms with E-state index in [0.29, 0.717) is 25.3 Å². The van der Waals surface area contributed by atoms with Crippen molar-refractivity contribution in [1.82, 2.24) is 4.90 Å². The minimum absolute atomic E-state index is 0.0228. The molecule has 2 aromatic carbocycles. The number of carbonyl (C=O) groups excluding carboxylic acids is 1. The number of sulfone groups is 1. The lowest BCUT2D eigenvalue weighted by atomic mass is 10.0. The van der Waals surface area contributed by atoms with Crippen molar-refractivity contribution in [3.05, 3.63) is 60.2 Å². The first kappa shape index (κ1) is 20.9. The summed E-state index contributed by atoms with van der Waals surface area (Å²) in [6, 6.07) is 15.6. The van der Waals surface area contributed by atoms with Gasteiger partial charge in [-0.1, -0.05) is 36.4 Å². The van der Waals surface area contributed by atoms with Crippen LogP contribution >= 0.6 is 0 Å². The molecule has 0 aliphatic rings. The van der Waals surface area contributed by atoms with E-state index in [1.54, 1.807) is 24.1 Å². The lowest BCUT2D eigenvalue weighted by Gasteiger charge is -2.20. The summed E-state index contributed by atoms with van der Waals surface area (Å²) in [5.74, 6) is 0.475. The van der Waals surface area contributed by atoms with E-state index in [9.17, 15) is 13.2 Å². The highest BCUT2D eigenvalue weighted by Gasteiger charge is 2.15. The Morgan fingerprint density at radius 3 is 2.52 bits per heavy atom. The molecule has 0 spiro atoms. The third-order valence-corrected chi connectivity index (χ3v) is 5.30. The zero-order chi connectivity index (χ0) is 19.9. The van der Waals surface area contributed by atoms with Gasteiger partial charge in [-0.3, -0.25) is 4.79 Å². The Morgan fingerprint density at radius 2 is 1.85 bits per heavy atom. The molecular weight excluding hydrogens is 364 g/mol. The van der Waals surface area contributed by atoms with Crippen LogP contribution in [0, 0.1) is 0 Å². The van der Waals surface area contributed by atoms with Crippen LogP contribution in [0.15, 0.2) is 59.5 Å². The van der Waals surface area contributed by atoms with Crippen LogP contribution in [0.2, 0.25) is 0 Å². The van der Waals surface area contributed by atoms with Crippen LogP contribution in [0.25, 0.3) is 0 Å². The van der Waals surface area contributed by atoms with Gasteiger partial charge in [0.2, 0.25) is 5.91 Å². The lowest BCUT2D eigenvalue weighted by Crippen LogP contribution is -2.31. The van der Waals surface area contributed by atoms with Crippen molar-refractivity contribution < 1.29 is 17.9 Å². The van der Waals surface area contributed by atoms with Crippen molar-refractivity contribution in [2.75, 3.05) is 26.5 Å². The molecule has 2 aromatic rings. The number of hydrogen-bond donors (Lipinski definition) is 1. The van der Waals surface area contributed by atoms with Gasteiger partial charge >= 0.3 is 0 Å². The maximum Gasteiger partial charge on any atom is 0.224 e. The van der Waals surface area contributed by atoms with Crippen molar-refractivity contribution in [1.29, 1.82) is 0 Å². The van der Waals surface area contributed by atoms with E-state index in [0.717, 1.165) is 11.8 Å². The predicted molar refractivity (Wildman–Crippen MR) is 105 cm³/mol. The molecule has 0 aromatic heterocycles. The highest BCUT2D eigenvalue weighted by molar-refractivity contribution is 7.90. The second kappa shape index (κ2) is 9.53. The third-order valence-electron chi connectivity index (χ3n) is 4.19. The van der Waals surface area contributed by atoms with Gasteiger partial charge in [0.1, 0.15) is 5.75 Å². The van der Waals surface area contributed by atoms with Gasteiger partial charge in [0.25, 0.3) is 0 Å². The summed E-state index contributed by atoms with van der Waals surface area (Å²) < 4.78 is 28.7. The molecule has 0 fully saturated rings. The number of nitrogens with two attached hydrogens (primary N) is 1. The zero-order valence-electron chi connectivity index (χ0n) is 15.7. The largest absolute Gasteiger partial charge is 0.493 e. The van der Waals surface area contributed by atoms with Crippen LogP contribution in [0.5, 0.6) is 5.75 Å². The van der Waals surface area contributed by atoms with Crippen molar-refractivity contribution in [3.63, 3.8) is 0 Å². The summed E-state index contributed by atoms with van der Waals surface area (Å²) in [6.07, 6.45) is 2.04. The molecule has 0 aliphatic carbocycles. The normalized spacial score (nSPS) is 12.4. The molecule has 0 heterocycles. The Bertz CT molecular complexity index is 853. The molecular formula is C20H26N2O4S. The Labute approximate surface area is 160 Å². The fourth-order valence-corrected chi connectivity index (χ4v) is 3.23. The van der Waals surface area contributed by atoms with Gasteiger partial charge in [0.15, 0.2) is 9.84 Å². The summed E-state index contributed by atoms with van der Waals surface area (Å²) in [6.45, 7) is 0.918. The predicted octanol–water partition coefficient (Wildman–Crippen LogP) is 2.41. The topological polar surface area (TPSA) is 89.7 Å². The summed E-state index contributed by atoms with van der Waals surface area (Å²) in [7, 11) is -1.52. The summed E-state index contributed by atoms with van der Waals surface area (Å²) >= 11 is 0. The van der Waals surface area contributed by atoms with E-state index in [2.05, 4.69) is 0 Å². The molecule has 27 heavy (non-hydrogen) atoms. The van der Waals surface area contributed by atoms with Gasteiger partial charge in [-0.25, -0.2) is 8.42 Å². The number of rotatable bonds is 9. The molecule has 146 valence electrons. The van der Waals surface area contributed by atoms with Gasteiger partial charge < -0.3 is 15.4 Å². The molecule has 1 amide bonds. The third kappa shape index (κ3) is 6.69. The summed E-state index contributed by atoms with van der Waals surface area (Å²) in [5, 5.41) is 0. The first-order valence-electron chi connectivity index (χ1n) is 8.75. The number of carbonyl (C=O) groups is 1. The first-order valence-corrected chi connectivity index (χ1v) is 10.6. The van der Waals surface area contributed by atoms with Crippen molar-refractivity contribution >= 4 is 15.7 Å². The highest BCUT2D eigenvalue weighted by atomic mass is 32.2. The van der Waals surface area contributed by atoms with E-state index >= 15 is 0 Å². The number of nitrogens with zero attached hydrogens (tertiary/aromatic N) is 1. The number of ether oxygens (including phenoxy) is 1. The van der Waals surface area contributed by atoms with Gasteiger partial charge in [0, 0.05) is 32.3 Å². The van der Waals surface area contributed by atoms with Crippen molar-refractivity contribution in [2.24, 2.45) is 5.73 Å². The summed E-state index contributed by atoms with van der Waals surface area (Å²) in [5.41, 5.74) is 7.03. The highest BCUT2D eigenvalue weighted by Crippen LogP contribution is 2.18. The Hall–Kier alpha value is -2.38. The Balaban J connectivity index is 1.76. The lowest BCUT2D eigenvalue weighted by molar-refractivity contribution is -0.130. The Kier molecular flexibility index (Phi) is 7.38. The second-order valence-electron chi connectivity index (χ2n) is 6.49. The van der Waals surface area contributed by atoms with Crippen LogP contribution in [0.3, 0.4) is 0 Å². The van der Waals surface area contributed by atoms with E-state index in [1.807, 2.05) is 30.3 Å². The van der Waals surface area contributed by atoms with Crippen LogP contribution < -0.4 is 10.5 Å². The van der Waals surface area contributed by atoms with E-state index in [-0.39, 0.29) is 23.3 Å². The number of hydrogen-bond acceptors (Lipinski definition) is 5. The molecule has 1 unspecified atom stereocenters. The molecule has 7 heteroatoms. The fourth-order valence-electron chi connectivity index (χ4n) is 2.57. The van der Waals surface area contributed by atoms with E-state index in [4.69, 9.17) is 10.5 Å². The maximum absolute atomic E-state index is 12.3. The standard InChI is InChI=1S/C20H26N2O4S/c1-22(20(23)15-19(21)16-8-4-3-5-9-16)12-7-13-26-17-10-6-11-18(14-17)27(2,24)25/h3-6,8-11,14,19H,7,12-13,15,21H2,1-2H3. The van der Waals surface area contributed by atoms with Crippen molar-refractivity contribution in [2.45, 2.75) is 23.8 Å². The second-order valence-corrected chi connectivity index (χ2v) is 8.50. The molecule has 0 bridgehead atoms. The van der Waals surface area contributed by atoms with Crippen molar-refractivity contribution in [3.8, 4) is 5.75 Å². The number of amides is 1. The molecule has 1 atom stereocenters. The van der Waals surface area contributed by atoms with Gasteiger partial charge in [-0.05, 0) is 30.2 Å². The SMILES string of the molecule is CN(CCCOc1cccc(S(C)(=O)=O)c1)C(=O)CC(N)c1ccccc1. The molecule has 0 saturated heterocycles. The molecule has 2 rings (SSSR count). The average Bonchev–Trinajstić information content (AvgIpc) is 2.65. The fraction of sp³-hybridized carbons (Fsp3) is 0.350. The first-order chi connectivity index (χ1) is 12.8. The van der Waals surface area contributed by atoms with Gasteiger partial charge in [-0.2, -0.15) is 0 Å². The quantitative estimate of drug-likeness (QED) is 0.664. The van der Waals surface area contributed by atoms with Crippen LogP contribution in [0.4, 0.5) is 0 Å². The summed E-state index contributed by atoms with van der Waals surface area (Å²) in [4.78, 5) is 14.1. The van der Waals surface area contributed by atoms with E-state index < -0.39 is 9.84 Å². The maximum atomic E-state index is 12.3. The molecule has 0 saturated carbocycles. The monoisotopic (exact) mass is 390 g/mol. The minimum Gasteiger partial charge on any atom is -0.493 e. The Morgan fingerprint density at radius 1 is 1.15 bits per heavy atom. The van der Waals surface area contributed by atoms with Crippen LogP contribution in [-0.4, -0.2) is 45.7 Å². The molecule has 2 N–H and O–H groups in total. The van der Waals surface area contributed by atoms with Gasteiger partial charge in [0.05, 0.1) is 11.5 Å². The average molecular weight is 391 g/mol. The molecule has 6 nitrogen and oxygen atoms in total. The van der Waals surface area contributed by atoms with Crippen LogP contribution in [0.1, 0.15) is 24.4 Å². The molecule has 0 aliphatic heterocycles. The number of benzene rings is 2. The smallest absolute Gasteiger partial charge is 0.224 e. The van der Waals surface area contributed by atoms with E-state index in [1.165, 1.54) is 12.1 Å². The van der Waals surface area contributed by atoms with Gasteiger partial charge in [-0.15, -0.1) is 0 Å².